The van der Waals surface area contributed by atoms with Gasteiger partial charge in [-0.3, -0.25) is 4.79 Å². The smallest absolute Gasteiger partial charge is 0.226 e. The van der Waals surface area contributed by atoms with E-state index in [0.29, 0.717) is 29.1 Å². The summed E-state index contributed by atoms with van der Waals surface area (Å²) in [5.74, 6) is 0.845. The number of benzene rings is 1. The van der Waals surface area contributed by atoms with Crippen LogP contribution in [0.25, 0.3) is 11.5 Å². The van der Waals surface area contributed by atoms with Crippen LogP contribution in [-0.4, -0.2) is 23.5 Å². The molecule has 24 heavy (non-hydrogen) atoms. The minimum Gasteiger partial charge on any atom is -0.444 e. The van der Waals surface area contributed by atoms with Crippen molar-refractivity contribution >= 4 is 29.9 Å². The number of halogens is 2. The van der Waals surface area contributed by atoms with Crippen LogP contribution in [0.3, 0.4) is 0 Å². The summed E-state index contributed by atoms with van der Waals surface area (Å²) in [5, 5.41) is 3.73. The lowest BCUT2D eigenvalue weighted by Gasteiger charge is -2.19. The molecule has 1 aliphatic carbocycles. The van der Waals surface area contributed by atoms with Crippen molar-refractivity contribution < 1.29 is 9.21 Å². The molecular weight excluding hydrogens is 349 g/mol. The summed E-state index contributed by atoms with van der Waals surface area (Å²) in [5.41, 5.74) is 7.20. The molecule has 2 unspecified atom stereocenters. The molecule has 5 nitrogen and oxygen atoms in total. The van der Waals surface area contributed by atoms with Crippen LogP contribution in [0.2, 0.25) is 5.02 Å². The van der Waals surface area contributed by atoms with Gasteiger partial charge >= 0.3 is 0 Å². The molecule has 0 bridgehead atoms. The Labute approximate surface area is 152 Å². The van der Waals surface area contributed by atoms with Crippen molar-refractivity contribution in [2.75, 3.05) is 6.54 Å². The number of carbonyl (C=O) groups excluding carboxylic acids is 1. The van der Waals surface area contributed by atoms with E-state index in [2.05, 4.69) is 10.3 Å². The summed E-state index contributed by atoms with van der Waals surface area (Å²) in [6.07, 6.45) is 4.95. The zero-order valence-electron chi connectivity index (χ0n) is 13.2. The Morgan fingerprint density at radius 3 is 2.79 bits per heavy atom. The molecule has 1 saturated carbocycles. The van der Waals surface area contributed by atoms with E-state index in [1.165, 1.54) is 6.26 Å². The molecule has 0 aliphatic heterocycles. The van der Waals surface area contributed by atoms with E-state index in [9.17, 15) is 4.79 Å². The fourth-order valence-electron chi connectivity index (χ4n) is 3.04. The number of oxazole rings is 1. The Hall–Kier alpha value is -1.56. The fraction of sp³-hybridized carbons (Fsp3) is 0.412. The first kappa shape index (κ1) is 18.8. The van der Waals surface area contributed by atoms with Gasteiger partial charge in [-0.2, -0.15) is 0 Å². The van der Waals surface area contributed by atoms with Crippen LogP contribution >= 0.6 is 24.0 Å². The van der Waals surface area contributed by atoms with E-state index < -0.39 is 0 Å². The van der Waals surface area contributed by atoms with Crippen LogP contribution in [0, 0.1) is 5.92 Å². The topological polar surface area (TPSA) is 81.1 Å². The Kier molecular flexibility index (Phi) is 6.66. The van der Waals surface area contributed by atoms with Crippen molar-refractivity contribution in [1.82, 2.24) is 10.3 Å². The lowest BCUT2D eigenvalue weighted by Crippen LogP contribution is -2.40. The minimum absolute atomic E-state index is 0. The molecular formula is C17H21Cl2N3O2. The fourth-order valence-corrected chi connectivity index (χ4v) is 3.17. The largest absolute Gasteiger partial charge is 0.444 e. The summed E-state index contributed by atoms with van der Waals surface area (Å²) >= 11 is 5.87. The average Bonchev–Trinajstić information content (AvgIpc) is 3.17. The van der Waals surface area contributed by atoms with E-state index in [1.807, 2.05) is 12.1 Å². The van der Waals surface area contributed by atoms with Crippen LogP contribution in [0.15, 0.2) is 34.9 Å². The summed E-state index contributed by atoms with van der Waals surface area (Å²) in [4.78, 5) is 16.5. The number of hydrogen-bond donors (Lipinski definition) is 2. The summed E-state index contributed by atoms with van der Waals surface area (Å²) in [6.45, 7) is 0.621. The van der Waals surface area contributed by atoms with Crippen LogP contribution in [0.1, 0.15) is 25.0 Å². The number of amides is 1. The highest BCUT2D eigenvalue weighted by Crippen LogP contribution is 2.25. The molecule has 1 heterocycles. The maximum Gasteiger partial charge on any atom is 0.226 e. The van der Waals surface area contributed by atoms with Crippen molar-refractivity contribution in [3.05, 3.63) is 41.2 Å². The van der Waals surface area contributed by atoms with E-state index in [0.717, 1.165) is 24.8 Å². The van der Waals surface area contributed by atoms with E-state index in [1.54, 1.807) is 12.1 Å². The lowest BCUT2D eigenvalue weighted by molar-refractivity contribution is -0.121. The molecule has 7 heteroatoms. The highest BCUT2D eigenvalue weighted by Gasteiger charge is 2.27. The zero-order chi connectivity index (χ0) is 16.2. The van der Waals surface area contributed by atoms with Gasteiger partial charge in [-0.05, 0) is 49.6 Å². The van der Waals surface area contributed by atoms with Gasteiger partial charge in [0, 0.05) is 16.6 Å². The van der Waals surface area contributed by atoms with Gasteiger partial charge in [-0.1, -0.05) is 18.0 Å². The molecule has 2 aromatic rings. The molecule has 3 N–H and O–H groups in total. The first-order chi connectivity index (χ1) is 11.2. The van der Waals surface area contributed by atoms with Crippen LogP contribution < -0.4 is 11.1 Å². The van der Waals surface area contributed by atoms with Gasteiger partial charge in [-0.15, -0.1) is 12.4 Å². The number of nitrogens with two attached hydrogens (primary N) is 1. The van der Waals surface area contributed by atoms with Gasteiger partial charge in [0.2, 0.25) is 11.8 Å². The first-order valence-electron chi connectivity index (χ1n) is 7.85. The molecule has 1 aromatic heterocycles. The molecule has 0 saturated heterocycles. The second-order valence-corrected chi connectivity index (χ2v) is 6.36. The molecule has 130 valence electrons. The van der Waals surface area contributed by atoms with Gasteiger partial charge in [0.15, 0.2) is 0 Å². The number of rotatable bonds is 5. The molecule has 1 fully saturated rings. The average molecular weight is 370 g/mol. The molecule has 3 rings (SSSR count). The van der Waals surface area contributed by atoms with E-state index >= 15 is 0 Å². The highest BCUT2D eigenvalue weighted by molar-refractivity contribution is 6.30. The normalized spacial score (nSPS) is 19.8. The molecule has 1 aromatic carbocycles. The van der Waals surface area contributed by atoms with Gasteiger partial charge in [0.25, 0.3) is 0 Å². The number of hydrogen-bond acceptors (Lipinski definition) is 4. The summed E-state index contributed by atoms with van der Waals surface area (Å²) in [7, 11) is 0. The Bertz CT molecular complexity index is 673. The minimum atomic E-state index is -0.0358. The predicted octanol–water partition coefficient (Wildman–Crippen LogP) is 3.20. The molecule has 1 amide bonds. The monoisotopic (exact) mass is 369 g/mol. The highest BCUT2D eigenvalue weighted by atomic mass is 35.5. The zero-order valence-corrected chi connectivity index (χ0v) is 14.8. The second-order valence-electron chi connectivity index (χ2n) is 5.93. The lowest BCUT2D eigenvalue weighted by atomic mass is 10.0. The molecule has 2 atom stereocenters. The quantitative estimate of drug-likeness (QED) is 0.847. The number of carbonyl (C=O) groups is 1. The van der Waals surface area contributed by atoms with Crippen LogP contribution in [-0.2, 0) is 11.2 Å². The third-order valence-corrected chi connectivity index (χ3v) is 4.54. The van der Waals surface area contributed by atoms with Gasteiger partial charge in [-0.25, -0.2) is 4.98 Å². The van der Waals surface area contributed by atoms with Crippen LogP contribution in [0.4, 0.5) is 0 Å². The Morgan fingerprint density at radius 2 is 2.08 bits per heavy atom. The molecule has 0 spiro atoms. The number of aromatic nitrogens is 1. The number of nitrogens with zero attached hydrogens (tertiary/aromatic N) is 1. The van der Waals surface area contributed by atoms with E-state index in [4.69, 9.17) is 21.8 Å². The van der Waals surface area contributed by atoms with Gasteiger partial charge in [0.05, 0.1) is 12.1 Å². The third kappa shape index (κ3) is 4.50. The van der Waals surface area contributed by atoms with Crippen molar-refractivity contribution in [1.29, 1.82) is 0 Å². The maximum atomic E-state index is 12.2. The number of nitrogens with one attached hydrogen (secondary N) is 1. The van der Waals surface area contributed by atoms with Crippen molar-refractivity contribution in [2.45, 2.75) is 31.7 Å². The van der Waals surface area contributed by atoms with Crippen molar-refractivity contribution in [3.8, 4) is 11.5 Å². The first-order valence-corrected chi connectivity index (χ1v) is 8.23. The third-order valence-electron chi connectivity index (χ3n) is 4.29. The van der Waals surface area contributed by atoms with Crippen LogP contribution in [0.5, 0.6) is 0 Å². The second kappa shape index (κ2) is 8.51. The van der Waals surface area contributed by atoms with Crippen molar-refractivity contribution in [2.24, 2.45) is 11.7 Å². The standard InChI is InChI=1S/C17H20ClN3O2.ClH/c18-13-6-4-11(5-7-13)17-20-14(10-23-17)8-16(22)21-15-3-1-2-12(15)9-19;/h4-7,10,12,15H,1-3,8-9,19H2,(H,21,22);1H. The predicted molar refractivity (Wildman–Crippen MR) is 96.2 cm³/mol. The van der Waals surface area contributed by atoms with E-state index in [-0.39, 0.29) is 30.8 Å². The Balaban J connectivity index is 0.00000208. The SMILES string of the molecule is Cl.NCC1CCCC1NC(=O)Cc1coc(-c2ccc(Cl)cc2)n1. The van der Waals surface area contributed by atoms with Gasteiger partial charge in [0.1, 0.15) is 6.26 Å². The molecule has 0 radical (unpaired) electrons. The maximum absolute atomic E-state index is 12.2. The summed E-state index contributed by atoms with van der Waals surface area (Å²) in [6, 6.07) is 7.42. The molecule has 1 aliphatic rings. The van der Waals surface area contributed by atoms with Crippen molar-refractivity contribution in [3.63, 3.8) is 0 Å². The Morgan fingerprint density at radius 1 is 1.33 bits per heavy atom. The van der Waals surface area contributed by atoms with Gasteiger partial charge < -0.3 is 15.5 Å². The summed E-state index contributed by atoms with van der Waals surface area (Å²) < 4.78 is 5.45.